The van der Waals surface area contributed by atoms with Gasteiger partial charge in [-0.05, 0) is 34.7 Å². The van der Waals surface area contributed by atoms with E-state index in [1.807, 2.05) is 22.6 Å². The molecule has 0 bridgehead atoms. The van der Waals surface area contributed by atoms with E-state index in [1.54, 1.807) is 12.1 Å². The van der Waals surface area contributed by atoms with Crippen molar-refractivity contribution in [2.45, 2.75) is 0 Å². The first-order valence-corrected chi connectivity index (χ1v) is 4.81. The minimum Gasteiger partial charge on any atom is -0.545 e. The maximum atomic E-state index is 10.8. The van der Waals surface area contributed by atoms with Gasteiger partial charge in [-0.3, -0.25) is 0 Å². The largest absolute Gasteiger partial charge is 1.00 e. The monoisotopic (exact) mass is 330 g/mol. The molecule has 1 aromatic rings. The van der Waals surface area contributed by atoms with E-state index >= 15 is 0 Å². The molecule has 0 atom stereocenters. The zero-order chi connectivity index (χ0) is 10.7. The van der Waals surface area contributed by atoms with E-state index in [-0.39, 0.29) is 40.9 Å². The molecule has 0 amide bonds. The Morgan fingerprint density at radius 2 is 1.93 bits per heavy atom. The predicted molar refractivity (Wildman–Crippen MR) is 56.6 cm³/mol. The number of benzene rings is 1. The summed E-state index contributed by atoms with van der Waals surface area (Å²) in [4.78, 5) is 10.8. The molecule has 6 heteroatoms. The second-order valence-corrected chi connectivity index (χ2v) is 3.61. The number of rotatable bonds is 3. The fourth-order valence-electron chi connectivity index (χ4n) is 1.09. The van der Waals surface area contributed by atoms with Gasteiger partial charge >= 0.3 is 29.6 Å². The summed E-state index contributed by atoms with van der Waals surface area (Å²) in [6.07, 6.45) is 0. The van der Waals surface area contributed by atoms with Crippen LogP contribution in [0.15, 0.2) is 12.1 Å². The van der Waals surface area contributed by atoms with Crippen LogP contribution in [-0.2, 0) is 0 Å². The van der Waals surface area contributed by atoms with E-state index in [9.17, 15) is 9.90 Å². The molecule has 0 aliphatic rings. The van der Waals surface area contributed by atoms with Crippen LogP contribution in [0.5, 0.6) is 11.5 Å². The van der Waals surface area contributed by atoms with Crippen molar-refractivity contribution in [3.05, 3.63) is 21.3 Å². The number of carbonyl (C=O) groups excluding carboxylic acids is 1. The van der Waals surface area contributed by atoms with Crippen LogP contribution >= 0.6 is 22.6 Å². The molecule has 0 aliphatic heterocycles. The van der Waals surface area contributed by atoms with E-state index < -0.39 is 5.97 Å². The third-order valence-corrected chi connectivity index (χ3v) is 2.60. The number of halogens is 1. The van der Waals surface area contributed by atoms with Crippen molar-refractivity contribution in [3.63, 3.8) is 0 Å². The second kappa shape index (κ2) is 6.57. The molecule has 4 nitrogen and oxygen atoms in total. The van der Waals surface area contributed by atoms with Gasteiger partial charge in [0.15, 0.2) is 11.5 Å². The molecule has 1 rings (SSSR count). The first kappa shape index (κ1) is 15.0. The molecular weight excluding hydrogens is 322 g/mol. The van der Waals surface area contributed by atoms with Crippen molar-refractivity contribution in [3.8, 4) is 11.5 Å². The minimum atomic E-state index is -1.27. The summed E-state index contributed by atoms with van der Waals surface area (Å²) in [7, 11) is 2.84. The standard InChI is InChI=1S/C9H9IO4.Na/c1-13-6-4-3-5(10)7(9(11)12)8(6)14-2;/h3-4H,1-2H3,(H,11,12);/q;+1/p-1. The molecule has 0 spiro atoms. The summed E-state index contributed by atoms with van der Waals surface area (Å²) in [5, 5.41) is 10.8. The van der Waals surface area contributed by atoms with Crippen LogP contribution in [0.3, 0.4) is 0 Å². The SMILES string of the molecule is COc1ccc(I)c(C(=O)[O-])c1OC.[Na+]. The smallest absolute Gasteiger partial charge is 0.545 e. The van der Waals surface area contributed by atoms with Gasteiger partial charge in [-0.2, -0.15) is 0 Å². The second-order valence-electron chi connectivity index (χ2n) is 2.45. The van der Waals surface area contributed by atoms with Crippen LogP contribution in [-0.4, -0.2) is 20.2 Å². The minimum absolute atomic E-state index is 0. The Balaban J connectivity index is 0.00000196. The van der Waals surface area contributed by atoms with Crippen LogP contribution in [0.4, 0.5) is 0 Å². The van der Waals surface area contributed by atoms with Crippen molar-refractivity contribution in [2.75, 3.05) is 14.2 Å². The van der Waals surface area contributed by atoms with Gasteiger partial charge in [0.2, 0.25) is 0 Å². The van der Waals surface area contributed by atoms with Crippen molar-refractivity contribution in [1.29, 1.82) is 0 Å². The van der Waals surface area contributed by atoms with Gasteiger partial charge < -0.3 is 19.4 Å². The third-order valence-electron chi connectivity index (χ3n) is 1.70. The quantitative estimate of drug-likeness (QED) is 0.461. The summed E-state index contributed by atoms with van der Waals surface area (Å²) in [6.45, 7) is 0. The van der Waals surface area contributed by atoms with Crippen molar-refractivity contribution in [1.82, 2.24) is 0 Å². The maximum Gasteiger partial charge on any atom is 1.00 e. The first-order valence-electron chi connectivity index (χ1n) is 3.73. The Hall–Kier alpha value is 0.0200. The molecule has 0 saturated carbocycles. The molecule has 0 aliphatic carbocycles. The van der Waals surface area contributed by atoms with E-state index in [2.05, 4.69) is 0 Å². The average Bonchev–Trinajstić information content (AvgIpc) is 2.16. The third kappa shape index (κ3) is 3.24. The van der Waals surface area contributed by atoms with Gasteiger partial charge in [0.25, 0.3) is 0 Å². The Bertz CT molecular complexity index is 367. The number of methoxy groups -OCH3 is 2. The van der Waals surface area contributed by atoms with E-state index in [0.29, 0.717) is 9.32 Å². The van der Waals surface area contributed by atoms with Crippen LogP contribution in [0.2, 0.25) is 0 Å². The molecule has 0 fully saturated rings. The number of hydrogen-bond donors (Lipinski definition) is 0. The van der Waals surface area contributed by atoms with Gasteiger partial charge in [0.05, 0.1) is 25.8 Å². The topological polar surface area (TPSA) is 58.6 Å². The predicted octanol–water partition coefficient (Wildman–Crippen LogP) is -2.32. The van der Waals surface area contributed by atoms with Gasteiger partial charge in [0, 0.05) is 3.57 Å². The van der Waals surface area contributed by atoms with Crippen molar-refractivity contribution >= 4 is 28.6 Å². The summed E-state index contributed by atoms with van der Waals surface area (Å²) in [5.74, 6) is -0.698. The molecule has 0 N–H and O–H groups in total. The van der Waals surface area contributed by atoms with Crippen LogP contribution in [0.1, 0.15) is 10.4 Å². The zero-order valence-electron chi connectivity index (χ0n) is 8.67. The average molecular weight is 330 g/mol. The maximum absolute atomic E-state index is 10.8. The van der Waals surface area contributed by atoms with Gasteiger partial charge in [0.1, 0.15) is 0 Å². The van der Waals surface area contributed by atoms with Crippen molar-refractivity contribution < 1.29 is 48.9 Å². The number of carboxylic acid groups (broad SMARTS) is 1. The normalized spacial score (nSPS) is 9.00. The summed E-state index contributed by atoms with van der Waals surface area (Å²) < 4.78 is 10.5. The molecule has 76 valence electrons. The Morgan fingerprint density at radius 1 is 1.33 bits per heavy atom. The van der Waals surface area contributed by atoms with Gasteiger partial charge in [-0.1, -0.05) is 0 Å². The van der Waals surface area contributed by atoms with Crippen LogP contribution in [0.25, 0.3) is 0 Å². The fraction of sp³-hybridized carbons (Fsp3) is 0.222. The number of hydrogen-bond acceptors (Lipinski definition) is 4. The Kier molecular flexibility index (Phi) is 6.58. The van der Waals surface area contributed by atoms with E-state index in [4.69, 9.17) is 9.47 Å². The molecule has 1 aromatic carbocycles. The number of ether oxygens (including phenoxy) is 2. The molecular formula is C9H8INaO4. The van der Waals surface area contributed by atoms with Gasteiger partial charge in [-0.15, -0.1) is 0 Å². The fourth-order valence-corrected chi connectivity index (χ4v) is 1.74. The first-order chi connectivity index (χ1) is 6.61. The summed E-state index contributed by atoms with van der Waals surface area (Å²) in [5.41, 5.74) is 0.0208. The van der Waals surface area contributed by atoms with Crippen molar-refractivity contribution in [2.24, 2.45) is 0 Å². The zero-order valence-corrected chi connectivity index (χ0v) is 12.8. The Morgan fingerprint density at radius 3 is 2.33 bits per heavy atom. The van der Waals surface area contributed by atoms with E-state index in [0.717, 1.165) is 0 Å². The molecule has 0 unspecified atom stereocenters. The molecule has 0 heterocycles. The molecule has 0 radical (unpaired) electrons. The number of carboxylic acids is 1. The number of carbonyl (C=O) groups is 1. The summed E-state index contributed by atoms with van der Waals surface area (Å²) in [6, 6.07) is 3.28. The Labute approximate surface area is 123 Å². The summed E-state index contributed by atoms with van der Waals surface area (Å²) >= 11 is 1.90. The molecule has 0 aromatic heterocycles. The van der Waals surface area contributed by atoms with Gasteiger partial charge in [-0.25, -0.2) is 0 Å². The molecule has 0 saturated heterocycles. The molecule has 15 heavy (non-hydrogen) atoms. The van der Waals surface area contributed by atoms with Crippen LogP contribution < -0.4 is 44.1 Å². The number of aromatic carboxylic acids is 1. The van der Waals surface area contributed by atoms with Crippen LogP contribution in [0, 0.1) is 3.57 Å². The van der Waals surface area contributed by atoms with E-state index in [1.165, 1.54) is 14.2 Å².